The fourth-order valence-electron chi connectivity index (χ4n) is 2.33. The van der Waals surface area contributed by atoms with Gasteiger partial charge < -0.3 is 15.5 Å². The number of hydrogen-bond acceptors (Lipinski definition) is 3. The number of hydrogen-bond donors (Lipinski definition) is 2. The molecule has 0 aliphatic heterocycles. The predicted octanol–water partition coefficient (Wildman–Crippen LogP) is 3.17. The minimum atomic E-state index is -0.0623. The van der Waals surface area contributed by atoms with Gasteiger partial charge in [-0.25, -0.2) is 0 Å². The number of anilines is 1. The summed E-state index contributed by atoms with van der Waals surface area (Å²) in [6.07, 6.45) is 0. The molecule has 2 rings (SSSR count). The van der Waals surface area contributed by atoms with Crippen molar-refractivity contribution in [2.75, 3.05) is 32.5 Å². The van der Waals surface area contributed by atoms with E-state index in [1.807, 2.05) is 50.5 Å². The second-order valence-electron chi connectivity index (χ2n) is 5.53. The number of halogens is 1. The van der Waals surface area contributed by atoms with E-state index < -0.39 is 0 Å². The lowest BCUT2D eigenvalue weighted by Gasteiger charge is -2.25. The fourth-order valence-corrected chi connectivity index (χ4v) is 2.53. The van der Waals surface area contributed by atoms with Gasteiger partial charge in [-0.2, -0.15) is 0 Å². The summed E-state index contributed by atoms with van der Waals surface area (Å²) >= 11 is 6.06. The van der Waals surface area contributed by atoms with Gasteiger partial charge in [0.25, 0.3) is 0 Å². The quantitative estimate of drug-likeness (QED) is 0.819. The molecule has 0 saturated heterocycles. The van der Waals surface area contributed by atoms with E-state index in [9.17, 15) is 4.79 Å². The molecule has 1 atom stereocenters. The van der Waals surface area contributed by atoms with Crippen molar-refractivity contribution in [2.45, 2.75) is 6.04 Å². The van der Waals surface area contributed by atoms with Crippen LogP contribution in [0.2, 0.25) is 5.02 Å². The number of benzene rings is 2. The summed E-state index contributed by atoms with van der Waals surface area (Å²) in [5.41, 5.74) is 1.94. The summed E-state index contributed by atoms with van der Waals surface area (Å²) < 4.78 is 0. The van der Waals surface area contributed by atoms with Gasteiger partial charge >= 0.3 is 0 Å². The van der Waals surface area contributed by atoms with E-state index in [0.29, 0.717) is 11.6 Å². The van der Waals surface area contributed by atoms with Crippen molar-refractivity contribution < 1.29 is 4.79 Å². The second-order valence-corrected chi connectivity index (χ2v) is 5.93. The molecule has 0 bridgehead atoms. The summed E-state index contributed by atoms with van der Waals surface area (Å²) in [6.45, 7) is 0.749. The molecule has 1 amide bonds. The molecular formula is C18H22ClN3O. The van der Waals surface area contributed by atoms with E-state index in [1.54, 1.807) is 6.07 Å². The van der Waals surface area contributed by atoms with Crippen molar-refractivity contribution >= 4 is 23.2 Å². The third-order valence-electron chi connectivity index (χ3n) is 3.61. The Morgan fingerprint density at radius 1 is 1.09 bits per heavy atom. The molecule has 0 spiro atoms. The summed E-state index contributed by atoms with van der Waals surface area (Å²) in [5, 5.41) is 6.62. The summed E-state index contributed by atoms with van der Waals surface area (Å²) in [5.74, 6) is -0.0623. The zero-order valence-corrected chi connectivity index (χ0v) is 14.2. The van der Waals surface area contributed by atoms with E-state index in [-0.39, 0.29) is 18.5 Å². The molecule has 2 aromatic rings. The maximum Gasteiger partial charge on any atom is 0.239 e. The van der Waals surface area contributed by atoms with Crippen molar-refractivity contribution in [2.24, 2.45) is 0 Å². The highest BCUT2D eigenvalue weighted by molar-refractivity contribution is 6.33. The number of likely N-dealkylation sites (N-methyl/N-ethyl adjacent to an activating group) is 1. The molecule has 5 heteroatoms. The van der Waals surface area contributed by atoms with Gasteiger partial charge in [-0.1, -0.05) is 54.1 Å². The first-order valence-corrected chi connectivity index (χ1v) is 7.92. The van der Waals surface area contributed by atoms with Gasteiger partial charge in [-0.05, 0) is 31.8 Å². The Labute approximate surface area is 142 Å². The normalized spacial score (nSPS) is 12.0. The molecular weight excluding hydrogens is 310 g/mol. The Bertz CT molecular complexity index is 631. The minimum absolute atomic E-state index is 0.0623. The Kier molecular flexibility index (Phi) is 6.44. The Morgan fingerprint density at radius 2 is 1.74 bits per heavy atom. The van der Waals surface area contributed by atoms with Crippen LogP contribution >= 0.6 is 11.6 Å². The molecule has 2 aromatic carbocycles. The number of para-hydroxylation sites is 1. The number of carbonyl (C=O) groups is 1. The average molecular weight is 332 g/mol. The van der Waals surface area contributed by atoms with Crippen LogP contribution in [0.15, 0.2) is 54.6 Å². The Morgan fingerprint density at radius 3 is 2.39 bits per heavy atom. The van der Waals surface area contributed by atoms with Gasteiger partial charge in [-0.15, -0.1) is 0 Å². The van der Waals surface area contributed by atoms with E-state index in [0.717, 1.165) is 5.69 Å². The zero-order chi connectivity index (χ0) is 16.7. The highest BCUT2D eigenvalue weighted by atomic mass is 35.5. The third kappa shape index (κ3) is 5.27. The van der Waals surface area contributed by atoms with Crippen LogP contribution in [0.5, 0.6) is 0 Å². The zero-order valence-electron chi connectivity index (χ0n) is 13.4. The van der Waals surface area contributed by atoms with Gasteiger partial charge in [0.2, 0.25) is 5.91 Å². The van der Waals surface area contributed by atoms with Crippen molar-refractivity contribution in [1.82, 2.24) is 10.2 Å². The predicted molar refractivity (Wildman–Crippen MR) is 95.8 cm³/mol. The molecule has 0 saturated carbocycles. The number of carbonyl (C=O) groups excluding carboxylic acids is 1. The standard InChI is InChI=1S/C18H22ClN3O/c1-22(2)17(14-8-4-3-5-9-14)12-21-18(23)13-20-16-11-7-6-10-15(16)19/h3-11,17,20H,12-13H2,1-2H3,(H,21,23). The van der Waals surface area contributed by atoms with Crippen LogP contribution in [0, 0.1) is 0 Å². The molecule has 1 unspecified atom stereocenters. The van der Waals surface area contributed by atoms with Crippen molar-refractivity contribution in [1.29, 1.82) is 0 Å². The lowest BCUT2D eigenvalue weighted by atomic mass is 10.1. The van der Waals surface area contributed by atoms with Crippen molar-refractivity contribution in [3.63, 3.8) is 0 Å². The number of nitrogens with zero attached hydrogens (tertiary/aromatic N) is 1. The maximum absolute atomic E-state index is 12.1. The van der Waals surface area contributed by atoms with Crippen LogP contribution in [0.4, 0.5) is 5.69 Å². The van der Waals surface area contributed by atoms with Gasteiger partial charge in [0.1, 0.15) is 0 Å². The number of rotatable bonds is 7. The topological polar surface area (TPSA) is 44.4 Å². The van der Waals surface area contributed by atoms with Crippen molar-refractivity contribution in [3.05, 3.63) is 65.2 Å². The molecule has 0 radical (unpaired) electrons. The largest absolute Gasteiger partial charge is 0.375 e. The average Bonchev–Trinajstić information content (AvgIpc) is 2.55. The maximum atomic E-state index is 12.1. The molecule has 0 fully saturated rings. The van der Waals surface area contributed by atoms with Crippen molar-refractivity contribution in [3.8, 4) is 0 Å². The smallest absolute Gasteiger partial charge is 0.239 e. The second kappa shape index (κ2) is 8.56. The lowest BCUT2D eigenvalue weighted by molar-refractivity contribution is -0.119. The van der Waals surface area contributed by atoms with Crippen LogP contribution in [0.1, 0.15) is 11.6 Å². The molecule has 2 N–H and O–H groups in total. The van der Waals surface area contributed by atoms with Crippen LogP contribution in [-0.2, 0) is 4.79 Å². The van der Waals surface area contributed by atoms with E-state index >= 15 is 0 Å². The van der Waals surface area contributed by atoms with Crippen LogP contribution < -0.4 is 10.6 Å². The first kappa shape index (κ1) is 17.3. The molecule has 0 aliphatic carbocycles. The number of amides is 1. The van der Waals surface area contributed by atoms with E-state index in [1.165, 1.54) is 5.56 Å². The van der Waals surface area contributed by atoms with Gasteiger partial charge in [0.05, 0.1) is 23.3 Å². The van der Waals surface area contributed by atoms with Crippen LogP contribution in [0.3, 0.4) is 0 Å². The van der Waals surface area contributed by atoms with Crippen LogP contribution in [-0.4, -0.2) is 38.0 Å². The van der Waals surface area contributed by atoms with E-state index in [4.69, 9.17) is 11.6 Å². The monoisotopic (exact) mass is 331 g/mol. The SMILES string of the molecule is CN(C)C(CNC(=O)CNc1ccccc1Cl)c1ccccc1. The Balaban J connectivity index is 1.86. The van der Waals surface area contributed by atoms with Gasteiger partial charge in [0, 0.05) is 6.54 Å². The molecule has 4 nitrogen and oxygen atoms in total. The van der Waals surface area contributed by atoms with Gasteiger partial charge in [0.15, 0.2) is 0 Å². The highest BCUT2D eigenvalue weighted by Crippen LogP contribution is 2.20. The minimum Gasteiger partial charge on any atom is -0.375 e. The summed E-state index contributed by atoms with van der Waals surface area (Å²) in [4.78, 5) is 14.1. The highest BCUT2D eigenvalue weighted by Gasteiger charge is 2.14. The molecule has 122 valence electrons. The first-order chi connectivity index (χ1) is 11.1. The Hall–Kier alpha value is -2.04. The summed E-state index contributed by atoms with van der Waals surface area (Å²) in [6, 6.07) is 17.7. The van der Waals surface area contributed by atoms with Crippen LogP contribution in [0.25, 0.3) is 0 Å². The molecule has 23 heavy (non-hydrogen) atoms. The van der Waals surface area contributed by atoms with E-state index in [2.05, 4.69) is 27.7 Å². The molecule has 0 heterocycles. The third-order valence-corrected chi connectivity index (χ3v) is 3.94. The molecule has 0 aliphatic rings. The number of nitrogens with one attached hydrogen (secondary N) is 2. The van der Waals surface area contributed by atoms with Gasteiger partial charge in [-0.3, -0.25) is 4.79 Å². The lowest BCUT2D eigenvalue weighted by Crippen LogP contribution is -2.37. The summed E-state index contributed by atoms with van der Waals surface area (Å²) in [7, 11) is 4.01. The fraction of sp³-hybridized carbons (Fsp3) is 0.278. The molecule has 0 aromatic heterocycles. The first-order valence-electron chi connectivity index (χ1n) is 7.54.